The maximum Gasteiger partial charge on any atom is 0.360 e. The minimum Gasteiger partial charge on any atom is -0.464 e. The Labute approximate surface area is 134 Å². The summed E-state index contributed by atoms with van der Waals surface area (Å²) in [6, 6.07) is 4.84. The Balaban J connectivity index is 2.25. The van der Waals surface area contributed by atoms with Gasteiger partial charge in [-0.25, -0.2) is 4.79 Å². The number of nitrogens with one attached hydrogen (secondary N) is 2. The van der Waals surface area contributed by atoms with Crippen LogP contribution in [0, 0.1) is 0 Å². The molecule has 0 spiro atoms. The van der Waals surface area contributed by atoms with Gasteiger partial charge in [-0.1, -0.05) is 6.92 Å². The summed E-state index contributed by atoms with van der Waals surface area (Å²) in [7, 11) is 0. The van der Waals surface area contributed by atoms with Crippen molar-refractivity contribution in [3.05, 3.63) is 18.2 Å². The van der Waals surface area contributed by atoms with E-state index in [1.54, 1.807) is 25.1 Å². The van der Waals surface area contributed by atoms with Crippen LogP contribution in [0.4, 0.5) is 11.4 Å². The Morgan fingerprint density at radius 3 is 2.74 bits per heavy atom. The summed E-state index contributed by atoms with van der Waals surface area (Å²) in [5.41, 5.74) is -0.787. The van der Waals surface area contributed by atoms with Crippen molar-refractivity contribution in [1.29, 1.82) is 0 Å². The molecule has 0 fully saturated rings. The lowest BCUT2D eigenvalue weighted by molar-refractivity contribution is -0.165. The van der Waals surface area contributed by atoms with E-state index in [1.165, 1.54) is 6.92 Å². The minimum absolute atomic E-state index is 0.111. The van der Waals surface area contributed by atoms with Gasteiger partial charge >= 0.3 is 5.97 Å². The first kappa shape index (κ1) is 16.8. The van der Waals surface area contributed by atoms with E-state index >= 15 is 0 Å². The third kappa shape index (κ3) is 3.44. The lowest BCUT2D eigenvalue weighted by Gasteiger charge is -2.32. The Kier molecular flexibility index (Phi) is 4.88. The first-order valence-electron chi connectivity index (χ1n) is 7.52. The van der Waals surface area contributed by atoms with Crippen molar-refractivity contribution in [1.82, 2.24) is 0 Å². The highest BCUT2D eigenvalue weighted by Gasteiger charge is 2.48. The van der Waals surface area contributed by atoms with Crippen LogP contribution < -0.4 is 15.4 Å². The summed E-state index contributed by atoms with van der Waals surface area (Å²) in [6.45, 7) is 5.06. The van der Waals surface area contributed by atoms with Crippen LogP contribution in [0.25, 0.3) is 0 Å². The second kappa shape index (κ2) is 6.68. The normalized spacial score (nSPS) is 19.2. The molecule has 2 rings (SSSR count). The molecule has 0 saturated heterocycles. The number of anilines is 2. The van der Waals surface area contributed by atoms with Crippen molar-refractivity contribution in [2.24, 2.45) is 0 Å². The van der Waals surface area contributed by atoms with Crippen LogP contribution in [0.3, 0.4) is 0 Å². The number of carbonyl (C=O) groups is 3. The molecule has 23 heavy (non-hydrogen) atoms. The van der Waals surface area contributed by atoms with Gasteiger partial charge in [-0.05, 0) is 32.4 Å². The van der Waals surface area contributed by atoms with E-state index in [4.69, 9.17) is 9.47 Å². The van der Waals surface area contributed by atoms with Crippen LogP contribution in [0.5, 0.6) is 5.75 Å². The molecule has 1 atom stereocenters. The van der Waals surface area contributed by atoms with E-state index < -0.39 is 17.5 Å². The van der Waals surface area contributed by atoms with Crippen molar-refractivity contribution < 1.29 is 23.9 Å². The zero-order valence-electron chi connectivity index (χ0n) is 13.4. The van der Waals surface area contributed by atoms with Crippen molar-refractivity contribution in [3.8, 4) is 5.75 Å². The number of amides is 2. The number of esters is 1. The molecule has 124 valence electrons. The fraction of sp³-hybridized carbons (Fsp3) is 0.438. The monoisotopic (exact) mass is 320 g/mol. The van der Waals surface area contributed by atoms with Crippen LogP contribution >= 0.6 is 0 Å². The number of carbonyl (C=O) groups excluding carboxylic acids is 3. The minimum atomic E-state index is -1.75. The molecule has 0 aliphatic carbocycles. The van der Waals surface area contributed by atoms with Gasteiger partial charge in [0.1, 0.15) is 5.75 Å². The molecule has 2 N–H and O–H groups in total. The van der Waals surface area contributed by atoms with Crippen molar-refractivity contribution in [2.75, 3.05) is 17.2 Å². The number of rotatable bonds is 5. The molecule has 7 nitrogen and oxygen atoms in total. The summed E-state index contributed by atoms with van der Waals surface area (Å²) in [5, 5.41) is 5.36. The summed E-state index contributed by atoms with van der Waals surface area (Å²) in [5.74, 6) is -1.16. The van der Waals surface area contributed by atoms with Crippen molar-refractivity contribution in [3.63, 3.8) is 0 Å². The fourth-order valence-corrected chi connectivity index (χ4v) is 2.15. The molecule has 1 aromatic carbocycles. The molecule has 1 aromatic rings. The standard InChI is InChI=1S/C16H20N2O5/c1-4-6-13(19)17-10-7-8-11-12(9-10)23-16(3,14(20)18-11)15(21)22-5-2/h7-9H,4-6H2,1-3H3,(H,17,19)(H,18,20). The summed E-state index contributed by atoms with van der Waals surface area (Å²) >= 11 is 0. The third-order valence-electron chi connectivity index (χ3n) is 3.40. The topological polar surface area (TPSA) is 93.7 Å². The molecule has 1 aliphatic heterocycles. The van der Waals surface area contributed by atoms with Gasteiger partial charge in [-0.15, -0.1) is 0 Å². The molecular weight excluding hydrogens is 300 g/mol. The van der Waals surface area contributed by atoms with E-state index in [0.29, 0.717) is 23.5 Å². The molecule has 0 saturated carbocycles. The second-order valence-corrected chi connectivity index (χ2v) is 5.32. The highest BCUT2D eigenvalue weighted by molar-refractivity contribution is 6.14. The van der Waals surface area contributed by atoms with E-state index in [2.05, 4.69) is 10.6 Å². The summed E-state index contributed by atoms with van der Waals surface area (Å²) in [6.07, 6.45) is 1.15. The number of benzene rings is 1. The SMILES string of the molecule is CCCC(=O)Nc1ccc2c(c1)OC(C)(C(=O)OCC)C(=O)N2. The predicted octanol–water partition coefficient (Wildman–Crippen LogP) is 2.08. The maximum atomic E-state index is 12.1. The number of ether oxygens (including phenoxy) is 2. The van der Waals surface area contributed by atoms with Crippen LogP contribution in [0.2, 0.25) is 0 Å². The smallest absolute Gasteiger partial charge is 0.360 e. The zero-order valence-corrected chi connectivity index (χ0v) is 13.4. The molecule has 1 heterocycles. The average molecular weight is 320 g/mol. The Bertz CT molecular complexity index is 643. The van der Waals surface area contributed by atoms with Gasteiger partial charge in [-0.2, -0.15) is 0 Å². The first-order valence-corrected chi connectivity index (χ1v) is 7.52. The van der Waals surface area contributed by atoms with Gasteiger partial charge in [-0.3, -0.25) is 9.59 Å². The van der Waals surface area contributed by atoms with E-state index in [9.17, 15) is 14.4 Å². The molecule has 2 amide bonds. The lowest BCUT2D eigenvalue weighted by Crippen LogP contribution is -2.55. The Morgan fingerprint density at radius 2 is 2.09 bits per heavy atom. The largest absolute Gasteiger partial charge is 0.464 e. The van der Waals surface area contributed by atoms with Crippen LogP contribution in [-0.2, 0) is 19.1 Å². The van der Waals surface area contributed by atoms with Crippen LogP contribution in [-0.4, -0.2) is 30.0 Å². The van der Waals surface area contributed by atoms with Crippen LogP contribution in [0.15, 0.2) is 18.2 Å². The highest BCUT2D eigenvalue weighted by atomic mass is 16.6. The molecule has 0 radical (unpaired) electrons. The third-order valence-corrected chi connectivity index (χ3v) is 3.40. The second-order valence-electron chi connectivity index (χ2n) is 5.32. The molecule has 0 bridgehead atoms. The van der Waals surface area contributed by atoms with Gasteiger partial charge in [0, 0.05) is 18.2 Å². The van der Waals surface area contributed by atoms with Gasteiger partial charge in [0.25, 0.3) is 11.5 Å². The van der Waals surface area contributed by atoms with Crippen LogP contribution in [0.1, 0.15) is 33.6 Å². The van der Waals surface area contributed by atoms with E-state index in [1.807, 2.05) is 6.92 Å². The molecule has 7 heteroatoms. The molecule has 0 aromatic heterocycles. The Morgan fingerprint density at radius 1 is 1.35 bits per heavy atom. The van der Waals surface area contributed by atoms with Gasteiger partial charge in [0.2, 0.25) is 5.91 Å². The van der Waals surface area contributed by atoms with Crippen molar-refractivity contribution >= 4 is 29.2 Å². The first-order chi connectivity index (χ1) is 10.9. The molecular formula is C16H20N2O5. The molecule has 1 aliphatic rings. The summed E-state index contributed by atoms with van der Waals surface area (Å²) < 4.78 is 10.5. The van der Waals surface area contributed by atoms with E-state index in [-0.39, 0.29) is 12.5 Å². The quantitative estimate of drug-likeness (QED) is 0.640. The molecule has 1 unspecified atom stereocenters. The van der Waals surface area contributed by atoms with E-state index in [0.717, 1.165) is 6.42 Å². The number of hydrogen-bond acceptors (Lipinski definition) is 5. The van der Waals surface area contributed by atoms with Gasteiger partial charge in [0.05, 0.1) is 12.3 Å². The number of fused-ring (bicyclic) bond motifs is 1. The fourth-order valence-electron chi connectivity index (χ4n) is 2.15. The zero-order chi connectivity index (χ0) is 17.0. The number of hydrogen-bond donors (Lipinski definition) is 2. The summed E-state index contributed by atoms with van der Waals surface area (Å²) in [4.78, 5) is 35.8. The lowest BCUT2D eigenvalue weighted by atomic mass is 10.0. The maximum absolute atomic E-state index is 12.1. The Hall–Kier alpha value is -2.57. The van der Waals surface area contributed by atoms with Gasteiger partial charge < -0.3 is 20.1 Å². The highest BCUT2D eigenvalue weighted by Crippen LogP contribution is 2.36. The predicted molar refractivity (Wildman–Crippen MR) is 84.3 cm³/mol. The van der Waals surface area contributed by atoms with Gasteiger partial charge in [0.15, 0.2) is 0 Å². The van der Waals surface area contributed by atoms with Crippen molar-refractivity contribution in [2.45, 2.75) is 39.2 Å². The average Bonchev–Trinajstić information content (AvgIpc) is 2.49.